The van der Waals surface area contributed by atoms with Crippen LogP contribution in [0.15, 0.2) is 72.5 Å². The number of rotatable bonds is 4. The first kappa shape index (κ1) is 18.3. The van der Waals surface area contributed by atoms with E-state index >= 15 is 0 Å². The monoisotopic (exact) mass is 348 g/mol. The van der Waals surface area contributed by atoms with Gasteiger partial charge < -0.3 is 10.2 Å². The molecule has 1 unspecified atom stereocenters. The van der Waals surface area contributed by atoms with Crippen molar-refractivity contribution in [2.45, 2.75) is 44.9 Å². The molecule has 0 radical (unpaired) electrons. The maximum Gasteiger partial charge on any atom is 0.115 e. The van der Waals surface area contributed by atoms with Crippen molar-refractivity contribution in [2.24, 2.45) is 5.92 Å². The third-order valence-electron chi connectivity index (χ3n) is 5.95. The molecule has 1 atom stereocenters. The Morgan fingerprint density at radius 2 is 1.27 bits per heavy atom. The largest absolute Gasteiger partial charge is 0.508 e. The number of phenols is 1. The van der Waals surface area contributed by atoms with Crippen LogP contribution in [-0.4, -0.2) is 10.2 Å². The number of benzene rings is 2. The Morgan fingerprint density at radius 3 is 1.77 bits per heavy atom. The van der Waals surface area contributed by atoms with Crippen molar-refractivity contribution < 1.29 is 10.2 Å². The second-order valence-electron chi connectivity index (χ2n) is 8.30. The number of hydrogen-bond donors (Lipinski definition) is 2. The smallest absolute Gasteiger partial charge is 0.115 e. The SMILES string of the molecule is CC(C)(c1ccc(O)cc1)c1ccc(C(C)(C)C2C=CC(O)=CC2)cc1. The summed E-state index contributed by atoms with van der Waals surface area (Å²) >= 11 is 0. The van der Waals surface area contributed by atoms with E-state index in [1.165, 1.54) is 16.7 Å². The molecule has 1 aliphatic carbocycles. The average Bonchev–Trinajstić information content (AvgIpc) is 2.62. The lowest BCUT2D eigenvalue weighted by atomic mass is 9.70. The lowest BCUT2D eigenvalue weighted by Gasteiger charge is -2.34. The Balaban J connectivity index is 1.86. The van der Waals surface area contributed by atoms with Crippen LogP contribution >= 0.6 is 0 Å². The summed E-state index contributed by atoms with van der Waals surface area (Å²) in [4.78, 5) is 0. The van der Waals surface area contributed by atoms with Gasteiger partial charge in [0.1, 0.15) is 11.5 Å². The molecule has 26 heavy (non-hydrogen) atoms. The molecule has 0 amide bonds. The molecule has 0 saturated carbocycles. The number of hydrogen-bond acceptors (Lipinski definition) is 2. The summed E-state index contributed by atoms with van der Waals surface area (Å²) in [5.41, 5.74) is 3.59. The lowest BCUT2D eigenvalue weighted by molar-refractivity contribution is 0.363. The molecule has 1 aliphatic rings. The maximum absolute atomic E-state index is 9.57. The van der Waals surface area contributed by atoms with Gasteiger partial charge in [0.2, 0.25) is 0 Å². The molecule has 0 fully saturated rings. The fourth-order valence-corrected chi connectivity index (χ4v) is 3.72. The van der Waals surface area contributed by atoms with Gasteiger partial charge in [-0.15, -0.1) is 0 Å². The molecule has 2 N–H and O–H groups in total. The normalized spacial score (nSPS) is 17.8. The molecule has 0 saturated heterocycles. The molecule has 2 aromatic carbocycles. The minimum atomic E-state index is -0.129. The fraction of sp³-hybridized carbons (Fsp3) is 0.333. The summed E-state index contributed by atoms with van der Waals surface area (Å²) in [7, 11) is 0. The van der Waals surface area contributed by atoms with Gasteiger partial charge in [0, 0.05) is 5.41 Å². The summed E-state index contributed by atoms with van der Waals surface area (Å²) in [6, 6.07) is 16.3. The van der Waals surface area contributed by atoms with Crippen LogP contribution in [0.4, 0.5) is 0 Å². The standard InChI is InChI=1S/C24H28O2/c1-23(2,19-9-13-21(25)14-10-19)17-5-7-18(8-6-17)24(3,4)20-11-15-22(26)16-12-20/h5-11,13-16,20,25-26H,12H2,1-4H3. The first-order chi connectivity index (χ1) is 12.2. The molecule has 0 aliphatic heterocycles. The van der Waals surface area contributed by atoms with E-state index in [1.807, 2.05) is 18.2 Å². The first-order valence-corrected chi connectivity index (χ1v) is 9.19. The Labute approximate surface area is 156 Å². The highest BCUT2D eigenvalue weighted by Gasteiger charge is 2.31. The van der Waals surface area contributed by atoms with E-state index < -0.39 is 0 Å². The Kier molecular flexibility index (Phi) is 4.70. The third-order valence-corrected chi connectivity index (χ3v) is 5.95. The van der Waals surface area contributed by atoms with Crippen LogP contribution in [0.1, 0.15) is 50.8 Å². The second-order valence-corrected chi connectivity index (χ2v) is 8.30. The van der Waals surface area contributed by atoms with E-state index in [-0.39, 0.29) is 10.8 Å². The van der Waals surface area contributed by atoms with Crippen LogP contribution in [0.2, 0.25) is 0 Å². The molecular weight excluding hydrogens is 320 g/mol. The highest BCUT2D eigenvalue weighted by atomic mass is 16.3. The summed E-state index contributed by atoms with van der Waals surface area (Å²) in [5.74, 6) is 1.03. The van der Waals surface area contributed by atoms with Crippen LogP contribution in [0, 0.1) is 5.92 Å². The summed E-state index contributed by atoms with van der Waals surface area (Å²) in [6.45, 7) is 8.94. The van der Waals surface area contributed by atoms with Gasteiger partial charge in [-0.1, -0.05) is 70.2 Å². The zero-order chi connectivity index (χ0) is 18.9. The molecule has 136 valence electrons. The van der Waals surface area contributed by atoms with Crippen molar-refractivity contribution in [1.29, 1.82) is 0 Å². The van der Waals surface area contributed by atoms with Gasteiger partial charge >= 0.3 is 0 Å². The molecule has 0 spiro atoms. The Hall–Kier alpha value is -2.48. The van der Waals surface area contributed by atoms with Gasteiger partial charge in [0.15, 0.2) is 0 Å². The van der Waals surface area contributed by atoms with E-state index in [1.54, 1.807) is 18.2 Å². The molecule has 0 bridgehead atoms. The predicted molar refractivity (Wildman–Crippen MR) is 108 cm³/mol. The summed E-state index contributed by atoms with van der Waals surface area (Å²) < 4.78 is 0. The second kappa shape index (κ2) is 6.68. The minimum Gasteiger partial charge on any atom is -0.508 e. The zero-order valence-corrected chi connectivity index (χ0v) is 16.0. The lowest BCUT2D eigenvalue weighted by Crippen LogP contribution is -2.28. The Bertz CT molecular complexity index is 822. The van der Waals surface area contributed by atoms with Crippen LogP contribution < -0.4 is 0 Å². The third kappa shape index (κ3) is 3.41. The first-order valence-electron chi connectivity index (χ1n) is 9.19. The summed E-state index contributed by atoms with van der Waals surface area (Å²) in [5, 5.41) is 19.1. The van der Waals surface area contributed by atoms with Crippen molar-refractivity contribution in [3.63, 3.8) is 0 Å². The van der Waals surface area contributed by atoms with Crippen LogP contribution in [-0.2, 0) is 10.8 Å². The number of aliphatic hydroxyl groups excluding tert-OH is 1. The van der Waals surface area contributed by atoms with Gasteiger partial charge in [-0.2, -0.15) is 0 Å². The number of allylic oxidation sites excluding steroid dienone is 3. The predicted octanol–water partition coefficient (Wildman–Crippen LogP) is 6.01. The minimum absolute atomic E-state index is 0.00505. The maximum atomic E-state index is 9.57. The van der Waals surface area contributed by atoms with Gasteiger partial charge in [-0.3, -0.25) is 0 Å². The van der Waals surface area contributed by atoms with E-state index in [4.69, 9.17) is 0 Å². The molecule has 3 rings (SSSR count). The highest BCUT2D eigenvalue weighted by Crippen LogP contribution is 2.39. The van der Waals surface area contributed by atoms with Crippen LogP contribution in [0.25, 0.3) is 0 Å². The van der Waals surface area contributed by atoms with Crippen LogP contribution in [0.3, 0.4) is 0 Å². The number of aromatic hydroxyl groups is 1. The van der Waals surface area contributed by atoms with Crippen molar-refractivity contribution in [2.75, 3.05) is 0 Å². The highest BCUT2D eigenvalue weighted by molar-refractivity contribution is 5.42. The van der Waals surface area contributed by atoms with Crippen molar-refractivity contribution >= 4 is 0 Å². The zero-order valence-electron chi connectivity index (χ0n) is 16.0. The molecular formula is C24H28O2. The van der Waals surface area contributed by atoms with Gasteiger partial charge in [0.25, 0.3) is 0 Å². The quantitative estimate of drug-likeness (QED) is 0.710. The molecule has 0 heterocycles. The summed E-state index contributed by atoms with van der Waals surface area (Å²) in [6.07, 6.45) is 6.67. The van der Waals surface area contributed by atoms with Gasteiger partial charge in [0.05, 0.1) is 0 Å². The van der Waals surface area contributed by atoms with Gasteiger partial charge in [-0.25, -0.2) is 0 Å². The molecule has 0 aromatic heterocycles. The molecule has 2 aromatic rings. The van der Waals surface area contributed by atoms with Gasteiger partial charge in [-0.05, 0) is 58.7 Å². The fourth-order valence-electron chi connectivity index (χ4n) is 3.72. The topological polar surface area (TPSA) is 40.5 Å². The van der Waals surface area contributed by atoms with E-state index in [0.29, 0.717) is 17.4 Å². The molecule has 2 heteroatoms. The Morgan fingerprint density at radius 1 is 0.769 bits per heavy atom. The van der Waals surface area contributed by atoms with E-state index in [0.717, 1.165) is 6.42 Å². The van der Waals surface area contributed by atoms with Crippen molar-refractivity contribution in [1.82, 2.24) is 0 Å². The average molecular weight is 348 g/mol. The van der Waals surface area contributed by atoms with Crippen LogP contribution in [0.5, 0.6) is 5.75 Å². The number of phenolic OH excluding ortho intramolecular Hbond substituents is 1. The van der Waals surface area contributed by atoms with Crippen molar-refractivity contribution in [3.8, 4) is 5.75 Å². The van der Waals surface area contributed by atoms with E-state index in [9.17, 15) is 10.2 Å². The van der Waals surface area contributed by atoms with Crippen molar-refractivity contribution in [3.05, 3.63) is 89.2 Å². The van der Waals surface area contributed by atoms with E-state index in [2.05, 4.69) is 58.0 Å². The molecule has 2 nitrogen and oxygen atoms in total. The number of aliphatic hydroxyl groups is 1.